The highest BCUT2D eigenvalue weighted by Gasteiger charge is 2.15. The average Bonchev–Trinajstić information content (AvgIpc) is 2.37. The van der Waals surface area contributed by atoms with E-state index in [1.807, 2.05) is 12.1 Å². The fourth-order valence-corrected chi connectivity index (χ4v) is 2.59. The van der Waals surface area contributed by atoms with Crippen molar-refractivity contribution < 1.29 is 9.90 Å². The van der Waals surface area contributed by atoms with Crippen molar-refractivity contribution in [2.45, 2.75) is 26.2 Å². The van der Waals surface area contributed by atoms with E-state index in [0.717, 1.165) is 18.9 Å². The molecule has 2 rings (SSSR count). The van der Waals surface area contributed by atoms with Gasteiger partial charge in [-0.2, -0.15) is 0 Å². The molecule has 3 heteroatoms. The van der Waals surface area contributed by atoms with Crippen LogP contribution in [0.25, 0.3) is 0 Å². The number of hydrogen-bond donors (Lipinski definition) is 1. The van der Waals surface area contributed by atoms with Gasteiger partial charge in [-0.25, -0.2) is 4.79 Å². The maximum Gasteiger partial charge on any atom is 0.335 e. The number of hydrogen-bond acceptors (Lipinski definition) is 2. The Morgan fingerprint density at radius 2 is 2.11 bits per heavy atom. The molecule has 1 aliphatic heterocycles. The number of nitrogens with zero attached hydrogens (tertiary/aromatic N) is 1. The summed E-state index contributed by atoms with van der Waals surface area (Å²) in [4.78, 5) is 13.3. The second-order valence-electron chi connectivity index (χ2n) is 5.30. The number of aromatic carboxylic acids is 1. The summed E-state index contributed by atoms with van der Waals surface area (Å²) in [5.74, 6) is -0.0421. The molecule has 0 aromatic heterocycles. The summed E-state index contributed by atoms with van der Waals surface area (Å²) in [6.45, 7) is 5.80. The van der Waals surface area contributed by atoms with Crippen LogP contribution in [-0.4, -0.2) is 35.6 Å². The second kappa shape index (κ2) is 6.01. The molecule has 0 saturated carbocycles. The highest BCUT2D eigenvalue weighted by atomic mass is 16.4. The van der Waals surface area contributed by atoms with Crippen LogP contribution < -0.4 is 0 Å². The van der Waals surface area contributed by atoms with Gasteiger partial charge in [0.2, 0.25) is 0 Å². The Balaban J connectivity index is 1.84. The first-order valence-electron chi connectivity index (χ1n) is 6.70. The average molecular weight is 247 g/mol. The molecule has 0 aliphatic carbocycles. The Hall–Kier alpha value is -1.35. The summed E-state index contributed by atoms with van der Waals surface area (Å²) in [6.07, 6.45) is 3.66. The van der Waals surface area contributed by atoms with Crippen LogP contribution in [0.2, 0.25) is 0 Å². The first kappa shape index (κ1) is 13.1. The minimum absolute atomic E-state index is 0.366. The lowest BCUT2D eigenvalue weighted by Gasteiger charge is -2.30. The van der Waals surface area contributed by atoms with Gasteiger partial charge >= 0.3 is 5.97 Å². The summed E-state index contributed by atoms with van der Waals surface area (Å²) < 4.78 is 0. The van der Waals surface area contributed by atoms with E-state index >= 15 is 0 Å². The molecule has 0 bridgehead atoms. The van der Waals surface area contributed by atoms with Crippen LogP contribution in [0.4, 0.5) is 0 Å². The van der Waals surface area contributed by atoms with Gasteiger partial charge in [-0.3, -0.25) is 0 Å². The molecule has 1 fully saturated rings. The Morgan fingerprint density at radius 3 is 2.72 bits per heavy atom. The minimum atomic E-state index is -0.855. The topological polar surface area (TPSA) is 40.5 Å². The third-order valence-corrected chi connectivity index (χ3v) is 3.66. The van der Waals surface area contributed by atoms with E-state index in [1.54, 1.807) is 12.1 Å². The Kier molecular flexibility index (Phi) is 4.37. The molecular weight excluding hydrogens is 226 g/mol. The van der Waals surface area contributed by atoms with E-state index in [1.165, 1.54) is 31.5 Å². The third-order valence-electron chi connectivity index (χ3n) is 3.66. The lowest BCUT2D eigenvalue weighted by Crippen LogP contribution is -2.35. The van der Waals surface area contributed by atoms with Crippen molar-refractivity contribution >= 4 is 5.97 Å². The van der Waals surface area contributed by atoms with Crippen LogP contribution in [0.1, 0.15) is 35.7 Å². The molecule has 0 spiro atoms. The Bertz CT molecular complexity index is 399. The van der Waals surface area contributed by atoms with Crippen LogP contribution in [0.3, 0.4) is 0 Å². The number of likely N-dealkylation sites (tertiary alicyclic amines) is 1. The van der Waals surface area contributed by atoms with Gasteiger partial charge in [-0.05, 0) is 49.4 Å². The largest absolute Gasteiger partial charge is 0.478 e. The van der Waals surface area contributed by atoms with E-state index < -0.39 is 5.97 Å². The molecule has 0 amide bonds. The van der Waals surface area contributed by atoms with Gasteiger partial charge in [0.1, 0.15) is 0 Å². The summed E-state index contributed by atoms with van der Waals surface area (Å²) in [6, 6.07) is 7.24. The maximum absolute atomic E-state index is 10.7. The van der Waals surface area contributed by atoms with Gasteiger partial charge < -0.3 is 10.0 Å². The zero-order valence-electron chi connectivity index (χ0n) is 10.9. The van der Waals surface area contributed by atoms with Crippen LogP contribution in [0.5, 0.6) is 0 Å². The van der Waals surface area contributed by atoms with Crippen molar-refractivity contribution in [3.05, 3.63) is 35.4 Å². The molecule has 1 saturated heterocycles. The predicted octanol–water partition coefficient (Wildman–Crippen LogP) is 2.66. The van der Waals surface area contributed by atoms with Crippen molar-refractivity contribution in [1.29, 1.82) is 0 Å². The van der Waals surface area contributed by atoms with Gasteiger partial charge in [0.05, 0.1) is 5.56 Å². The van der Waals surface area contributed by atoms with Crippen molar-refractivity contribution in [3.63, 3.8) is 0 Å². The number of rotatable bonds is 4. The number of benzene rings is 1. The molecular formula is C15H21NO2. The summed E-state index contributed by atoms with van der Waals surface area (Å²) in [5.41, 5.74) is 1.59. The van der Waals surface area contributed by atoms with E-state index in [-0.39, 0.29) is 0 Å². The lowest BCUT2D eigenvalue weighted by atomic mass is 10.00. The molecule has 18 heavy (non-hydrogen) atoms. The van der Waals surface area contributed by atoms with E-state index in [9.17, 15) is 4.79 Å². The molecule has 1 unspecified atom stereocenters. The monoisotopic (exact) mass is 247 g/mol. The first-order chi connectivity index (χ1) is 8.65. The fraction of sp³-hybridized carbons (Fsp3) is 0.533. The lowest BCUT2D eigenvalue weighted by molar-refractivity contribution is 0.0697. The van der Waals surface area contributed by atoms with Gasteiger partial charge in [0.25, 0.3) is 0 Å². The molecule has 1 N–H and O–H groups in total. The predicted molar refractivity (Wildman–Crippen MR) is 71.9 cm³/mol. The molecule has 1 heterocycles. The number of carbonyl (C=O) groups is 1. The second-order valence-corrected chi connectivity index (χ2v) is 5.30. The minimum Gasteiger partial charge on any atom is -0.478 e. The summed E-state index contributed by atoms with van der Waals surface area (Å²) in [5, 5.41) is 8.83. The van der Waals surface area contributed by atoms with Crippen LogP contribution in [-0.2, 0) is 6.42 Å². The smallest absolute Gasteiger partial charge is 0.335 e. The summed E-state index contributed by atoms with van der Waals surface area (Å²) in [7, 11) is 0. The van der Waals surface area contributed by atoms with Gasteiger partial charge in [0, 0.05) is 13.1 Å². The molecule has 98 valence electrons. The van der Waals surface area contributed by atoms with Crippen molar-refractivity contribution in [1.82, 2.24) is 4.90 Å². The Morgan fingerprint density at radius 1 is 1.39 bits per heavy atom. The van der Waals surface area contributed by atoms with E-state index in [4.69, 9.17) is 5.11 Å². The highest BCUT2D eigenvalue weighted by Crippen LogP contribution is 2.16. The normalized spacial score (nSPS) is 20.8. The van der Waals surface area contributed by atoms with Crippen LogP contribution >= 0.6 is 0 Å². The number of carboxylic acid groups (broad SMARTS) is 1. The van der Waals surface area contributed by atoms with Crippen molar-refractivity contribution in [3.8, 4) is 0 Å². The number of piperidine rings is 1. The van der Waals surface area contributed by atoms with Gasteiger partial charge in [-0.1, -0.05) is 19.1 Å². The third kappa shape index (κ3) is 3.57. The maximum atomic E-state index is 10.7. The van der Waals surface area contributed by atoms with Crippen LogP contribution in [0, 0.1) is 5.92 Å². The Labute approximate surface area is 108 Å². The van der Waals surface area contributed by atoms with E-state index in [2.05, 4.69) is 11.8 Å². The van der Waals surface area contributed by atoms with E-state index in [0.29, 0.717) is 5.56 Å². The highest BCUT2D eigenvalue weighted by molar-refractivity contribution is 5.87. The number of carboxylic acids is 1. The standard InChI is InChI=1S/C15H21NO2/c1-12-3-2-9-16(11-12)10-8-13-4-6-14(7-5-13)15(17)18/h4-7,12H,2-3,8-11H2,1H3,(H,17,18). The molecule has 0 radical (unpaired) electrons. The van der Waals surface area contributed by atoms with Gasteiger partial charge in [-0.15, -0.1) is 0 Å². The molecule has 3 nitrogen and oxygen atoms in total. The molecule has 1 aromatic rings. The van der Waals surface area contributed by atoms with Crippen molar-refractivity contribution in [2.24, 2.45) is 5.92 Å². The molecule has 1 atom stereocenters. The SMILES string of the molecule is CC1CCCN(CCc2ccc(C(=O)O)cc2)C1. The molecule has 1 aromatic carbocycles. The van der Waals surface area contributed by atoms with Crippen molar-refractivity contribution in [2.75, 3.05) is 19.6 Å². The molecule has 1 aliphatic rings. The summed E-state index contributed by atoms with van der Waals surface area (Å²) >= 11 is 0. The fourth-order valence-electron chi connectivity index (χ4n) is 2.59. The van der Waals surface area contributed by atoms with Gasteiger partial charge in [0.15, 0.2) is 0 Å². The van der Waals surface area contributed by atoms with Crippen LogP contribution in [0.15, 0.2) is 24.3 Å². The quantitative estimate of drug-likeness (QED) is 0.889. The zero-order valence-corrected chi connectivity index (χ0v) is 10.9. The first-order valence-corrected chi connectivity index (χ1v) is 6.70. The zero-order chi connectivity index (χ0) is 13.0.